The van der Waals surface area contributed by atoms with Crippen LogP contribution in [-0.4, -0.2) is 22.1 Å². The lowest BCUT2D eigenvalue weighted by Crippen LogP contribution is -2.13. The lowest BCUT2D eigenvalue weighted by atomic mass is 10.3. The molecule has 0 aliphatic rings. The molecule has 0 aliphatic heterocycles. The fourth-order valence-corrected chi connectivity index (χ4v) is 1.76. The molecule has 0 aliphatic carbocycles. The smallest absolute Gasteiger partial charge is 0.249 e. The van der Waals surface area contributed by atoms with Crippen LogP contribution in [0.25, 0.3) is 12.2 Å². The Morgan fingerprint density at radius 2 is 1.32 bits per heavy atom. The predicted octanol–water partition coefficient (Wildman–Crippen LogP) is 2.56. The van der Waals surface area contributed by atoms with Crippen molar-refractivity contribution < 1.29 is 23.1 Å². The first-order chi connectivity index (χ1) is 12.2. The second kappa shape index (κ2) is 7.59. The van der Waals surface area contributed by atoms with Crippen molar-refractivity contribution in [3.63, 3.8) is 0 Å². The molecule has 0 saturated carbocycles. The van der Waals surface area contributed by atoms with Gasteiger partial charge in [0.2, 0.25) is 23.5 Å². The number of aromatic nitrogens is 2. The van der Waals surface area contributed by atoms with Gasteiger partial charge in [0, 0.05) is 12.2 Å². The first-order valence-electron chi connectivity index (χ1n) is 7.08. The van der Waals surface area contributed by atoms with Gasteiger partial charge in [0.1, 0.15) is 11.5 Å². The molecule has 0 bridgehead atoms. The van der Waals surface area contributed by atoms with Gasteiger partial charge < -0.3 is 19.5 Å². The molecule has 0 aromatic carbocycles. The fourth-order valence-electron chi connectivity index (χ4n) is 1.76. The summed E-state index contributed by atoms with van der Waals surface area (Å²) >= 11 is 0. The van der Waals surface area contributed by atoms with Crippen molar-refractivity contribution >= 4 is 35.6 Å². The van der Waals surface area contributed by atoms with Crippen LogP contribution in [-0.2, 0) is 9.59 Å². The van der Waals surface area contributed by atoms with Gasteiger partial charge in [-0.1, -0.05) is 0 Å². The third kappa shape index (κ3) is 4.55. The largest absolute Gasteiger partial charge is 0.465 e. The van der Waals surface area contributed by atoms with Crippen LogP contribution in [0, 0.1) is 0 Å². The van der Waals surface area contributed by atoms with E-state index in [4.69, 9.17) is 8.83 Å². The van der Waals surface area contributed by atoms with E-state index in [2.05, 4.69) is 25.6 Å². The standard InChI is InChI=1S/C16H12N4O5/c21-13(7-5-11-3-1-9-23-11)17-15-16(20-25-19-15)18-14(22)8-6-12-4-2-10-24-12/h1-10H,(H,17,19,21)(H,18,20,22)/b7-5+,8-6+. The number of carbonyl (C=O) groups excluding carboxylic acids is 2. The van der Waals surface area contributed by atoms with Crippen molar-refractivity contribution in [2.45, 2.75) is 0 Å². The highest BCUT2D eigenvalue weighted by molar-refractivity contribution is 6.06. The maximum absolute atomic E-state index is 11.8. The van der Waals surface area contributed by atoms with E-state index in [1.54, 1.807) is 24.3 Å². The first kappa shape index (κ1) is 16.0. The molecule has 126 valence electrons. The molecule has 0 fully saturated rings. The Labute approximate surface area is 141 Å². The first-order valence-corrected chi connectivity index (χ1v) is 7.08. The van der Waals surface area contributed by atoms with Gasteiger partial charge in [-0.2, -0.15) is 0 Å². The number of nitrogens with one attached hydrogen (secondary N) is 2. The normalized spacial score (nSPS) is 11.2. The van der Waals surface area contributed by atoms with Gasteiger partial charge in [0.15, 0.2) is 0 Å². The number of nitrogens with zero attached hydrogens (tertiary/aromatic N) is 2. The van der Waals surface area contributed by atoms with Gasteiger partial charge >= 0.3 is 0 Å². The van der Waals surface area contributed by atoms with Crippen LogP contribution >= 0.6 is 0 Å². The van der Waals surface area contributed by atoms with Crippen LogP contribution in [0.3, 0.4) is 0 Å². The van der Waals surface area contributed by atoms with E-state index in [0.717, 1.165) is 0 Å². The minimum atomic E-state index is -0.492. The highest BCUT2D eigenvalue weighted by Crippen LogP contribution is 2.16. The molecule has 25 heavy (non-hydrogen) atoms. The van der Waals surface area contributed by atoms with Gasteiger partial charge in [-0.25, -0.2) is 4.63 Å². The number of amides is 2. The molecule has 9 nitrogen and oxygen atoms in total. The topological polar surface area (TPSA) is 123 Å². The van der Waals surface area contributed by atoms with E-state index >= 15 is 0 Å². The van der Waals surface area contributed by atoms with Crippen LogP contribution in [0.15, 0.2) is 62.4 Å². The fraction of sp³-hybridized carbons (Fsp3) is 0. The summed E-state index contributed by atoms with van der Waals surface area (Å²) in [5.41, 5.74) is 0. The number of anilines is 2. The molecule has 3 heterocycles. The monoisotopic (exact) mass is 340 g/mol. The summed E-state index contributed by atoms with van der Waals surface area (Å²) in [5.74, 6) is 0.0141. The molecule has 3 aromatic heterocycles. The van der Waals surface area contributed by atoms with Crippen LogP contribution in [0.5, 0.6) is 0 Å². The second-order valence-corrected chi connectivity index (χ2v) is 4.64. The summed E-state index contributed by atoms with van der Waals surface area (Å²) in [7, 11) is 0. The molecule has 3 aromatic rings. The molecule has 9 heteroatoms. The van der Waals surface area contributed by atoms with Crippen molar-refractivity contribution in [1.82, 2.24) is 10.3 Å². The van der Waals surface area contributed by atoms with Crippen LogP contribution in [0.1, 0.15) is 11.5 Å². The quantitative estimate of drug-likeness (QED) is 0.661. The summed E-state index contributed by atoms with van der Waals surface area (Å²) in [5, 5.41) is 11.9. The third-order valence-corrected chi connectivity index (χ3v) is 2.86. The lowest BCUT2D eigenvalue weighted by Gasteiger charge is -2.00. The zero-order chi connectivity index (χ0) is 17.5. The van der Waals surface area contributed by atoms with E-state index in [1.165, 1.54) is 36.8 Å². The Kier molecular flexibility index (Phi) is 4.86. The maximum atomic E-state index is 11.8. The predicted molar refractivity (Wildman–Crippen MR) is 87.0 cm³/mol. The molecule has 0 spiro atoms. The number of hydrogen-bond donors (Lipinski definition) is 2. The Morgan fingerprint density at radius 1 is 0.840 bits per heavy atom. The van der Waals surface area contributed by atoms with Crippen molar-refractivity contribution in [1.29, 1.82) is 0 Å². The van der Waals surface area contributed by atoms with E-state index < -0.39 is 11.8 Å². The summed E-state index contributed by atoms with van der Waals surface area (Å²) in [6.07, 6.45) is 8.43. The summed E-state index contributed by atoms with van der Waals surface area (Å²) in [4.78, 5) is 23.7. The molecule has 0 saturated heterocycles. The minimum Gasteiger partial charge on any atom is -0.465 e. The maximum Gasteiger partial charge on any atom is 0.249 e. The van der Waals surface area contributed by atoms with Gasteiger partial charge in [-0.3, -0.25) is 9.59 Å². The average Bonchev–Trinajstić information content (AvgIpc) is 3.35. The van der Waals surface area contributed by atoms with E-state index in [0.29, 0.717) is 11.5 Å². The number of rotatable bonds is 6. The van der Waals surface area contributed by atoms with Gasteiger partial charge in [0.05, 0.1) is 12.5 Å². The summed E-state index contributed by atoms with van der Waals surface area (Å²) in [6, 6.07) is 6.78. The van der Waals surface area contributed by atoms with Crippen molar-refractivity contribution in [2.24, 2.45) is 0 Å². The van der Waals surface area contributed by atoms with E-state index in [-0.39, 0.29) is 11.6 Å². The average molecular weight is 340 g/mol. The van der Waals surface area contributed by atoms with Crippen molar-refractivity contribution in [3.8, 4) is 0 Å². The number of hydrogen-bond acceptors (Lipinski definition) is 7. The Balaban J connectivity index is 1.58. The molecule has 0 atom stereocenters. The molecule has 3 rings (SSSR count). The summed E-state index contributed by atoms with van der Waals surface area (Å²) in [6.45, 7) is 0. The zero-order valence-electron chi connectivity index (χ0n) is 12.7. The third-order valence-electron chi connectivity index (χ3n) is 2.86. The number of carbonyl (C=O) groups is 2. The van der Waals surface area contributed by atoms with Crippen LogP contribution in [0.4, 0.5) is 11.6 Å². The number of furan rings is 2. The zero-order valence-corrected chi connectivity index (χ0v) is 12.7. The Bertz CT molecular complexity index is 818. The Hall–Kier alpha value is -3.88. The molecular formula is C16H12N4O5. The molecular weight excluding hydrogens is 328 g/mol. The van der Waals surface area contributed by atoms with Gasteiger partial charge in [0.25, 0.3) is 0 Å². The minimum absolute atomic E-state index is 0.0196. The van der Waals surface area contributed by atoms with E-state index in [1.807, 2.05) is 0 Å². The highest BCUT2D eigenvalue weighted by Gasteiger charge is 2.13. The van der Waals surface area contributed by atoms with Crippen LogP contribution in [0.2, 0.25) is 0 Å². The van der Waals surface area contributed by atoms with Crippen molar-refractivity contribution in [3.05, 3.63) is 60.5 Å². The molecule has 0 radical (unpaired) electrons. The van der Waals surface area contributed by atoms with Crippen LogP contribution < -0.4 is 10.6 Å². The Morgan fingerprint density at radius 3 is 1.72 bits per heavy atom. The van der Waals surface area contributed by atoms with Gasteiger partial charge in [-0.05, 0) is 46.7 Å². The van der Waals surface area contributed by atoms with Crippen molar-refractivity contribution in [2.75, 3.05) is 10.6 Å². The lowest BCUT2D eigenvalue weighted by molar-refractivity contribution is -0.112. The second-order valence-electron chi connectivity index (χ2n) is 4.64. The highest BCUT2D eigenvalue weighted by atomic mass is 16.6. The summed E-state index contributed by atoms with van der Waals surface area (Å²) < 4.78 is 14.7. The molecule has 0 unspecified atom stereocenters. The van der Waals surface area contributed by atoms with E-state index in [9.17, 15) is 9.59 Å². The van der Waals surface area contributed by atoms with Gasteiger partial charge in [-0.15, -0.1) is 0 Å². The molecule has 2 N–H and O–H groups in total. The molecule has 2 amide bonds. The SMILES string of the molecule is O=C(/C=C/c1ccco1)Nc1nonc1NC(=O)/C=C/c1ccco1.